The highest BCUT2D eigenvalue weighted by molar-refractivity contribution is 7.26. The van der Waals surface area contributed by atoms with Crippen LogP contribution in [-0.2, 0) is 0 Å². The summed E-state index contributed by atoms with van der Waals surface area (Å²) in [5.74, 6) is 0. The Kier molecular flexibility index (Phi) is 6.05. The third kappa shape index (κ3) is 4.25. The smallest absolute Gasteiger partial charge is 0.0547 e. The summed E-state index contributed by atoms with van der Waals surface area (Å²) in [6, 6.07) is 59.0. The molecule has 42 heavy (non-hydrogen) atoms. The SMILES string of the molecule is c1ccc(-c2ccc(N(c3ccccc3)c3cc4c5ccc(-c6ccccc6)cc5sc4c4ccccc34)cc2)cc1. The van der Waals surface area contributed by atoms with E-state index in [1.807, 2.05) is 11.3 Å². The van der Waals surface area contributed by atoms with Gasteiger partial charge in [-0.1, -0.05) is 127 Å². The molecular formula is C40H27NS. The van der Waals surface area contributed by atoms with Gasteiger partial charge in [0.15, 0.2) is 0 Å². The van der Waals surface area contributed by atoms with Crippen molar-refractivity contribution in [3.63, 3.8) is 0 Å². The zero-order valence-corrected chi connectivity index (χ0v) is 23.8. The fourth-order valence-electron chi connectivity index (χ4n) is 6.01. The van der Waals surface area contributed by atoms with Gasteiger partial charge in [0.05, 0.1) is 5.69 Å². The molecule has 0 aliphatic carbocycles. The Morgan fingerprint density at radius 1 is 0.357 bits per heavy atom. The van der Waals surface area contributed by atoms with Crippen molar-refractivity contribution in [3.8, 4) is 22.3 Å². The van der Waals surface area contributed by atoms with Crippen LogP contribution in [0, 0.1) is 0 Å². The first-order valence-electron chi connectivity index (χ1n) is 14.3. The van der Waals surface area contributed by atoms with Crippen LogP contribution in [-0.4, -0.2) is 0 Å². The van der Waals surface area contributed by atoms with Crippen LogP contribution in [0.4, 0.5) is 17.1 Å². The lowest BCUT2D eigenvalue weighted by Crippen LogP contribution is -2.10. The summed E-state index contributed by atoms with van der Waals surface area (Å²) in [6.07, 6.45) is 0. The topological polar surface area (TPSA) is 3.24 Å². The molecule has 0 unspecified atom stereocenters. The van der Waals surface area contributed by atoms with E-state index < -0.39 is 0 Å². The number of hydrogen-bond donors (Lipinski definition) is 0. The summed E-state index contributed by atoms with van der Waals surface area (Å²) < 4.78 is 2.65. The van der Waals surface area contributed by atoms with E-state index in [1.54, 1.807) is 0 Å². The van der Waals surface area contributed by atoms with Crippen molar-refractivity contribution in [2.24, 2.45) is 0 Å². The van der Waals surface area contributed by atoms with Gasteiger partial charge in [-0.05, 0) is 58.7 Å². The van der Waals surface area contributed by atoms with E-state index in [1.165, 1.54) is 58.9 Å². The Hall–Kier alpha value is -5.18. The molecule has 0 N–H and O–H groups in total. The number of nitrogens with zero attached hydrogens (tertiary/aromatic N) is 1. The predicted molar refractivity (Wildman–Crippen MR) is 182 cm³/mol. The second kappa shape index (κ2) is 10.3. The summed E-state index contributed by atoms with van der Waals surface area (Å²) in [4.78, 5) is 2.40. The molecule has 2 heteroatoms. The Bertz CT molecular complexity index is 2160. The molecule has 0 bridgehead atoms. The molecule has 0 atom stereocenters. The molecule has 0 saturated heterocycles. The minimum absolute atomic E-state index is 1.14. The molecule has 0 saturated carbocycles. The maximum atomic E-state index is 2.40. The van der Waals surface area contributed by atoms with Crippen molar-refractivity contribution in [2.75, 3.05) is 4.90 Å². The van der Waals surface area contributed by atoms with Gasteiger partial charge < -0.3 is 4.90 Å². The van der Waals surface area contributed by atoms with E-state index in [4.69, 9.17) is 0 Å². The molecule has 1 nitrogen and oxygen atoms in total. The number of para-hydroxylation sites is 1. The molecule has 0 radical (unpaired) electrons. The second-order valence-electron chi connectivity index (χ2n) is 10.6. The van der Waals surface area contributed by atoms with Gasteiger partial charge in [0.2, 0.25) is 0 Å². The Balaban J connectivity index is 1.35. The maximum absolute atomic E-state index is 2.40. The highest BCUT2D eigenvalue weighted by Crippen LogP contribution is 2.46. The zero-order chi connectivity index (χ0) is 27.9. The van der Waals surface area contributed by atoms with Crippen LogP contribution in [0.25, 0.3) is 53.2 Å². The first-order chi connectivity index (χ1) is 20.8. The highest BCUT2D eigenvalue weighted by atomic mass is 32.1. The summed E-state index contributed by atoms with van der Waals surface area (Å²) >= 11 is 1.89. The Morgan fingerprint density at radius 3 is 1.57 bits per heavy atom. The van der Waals surface area contributed by atoms with Gasteiger partial charge in [0, 0.05) is 42.3 Å². The van der Waals surface area contributed by atoms with Gasteiger partial charge >= 0.3 is 0 Å². The van der Waals surface area contributed by atoms with Gasteiger partial charge in [-0.3, -0.25) is 0 Å². The molecule has 8 aromatic rings. The van der Waals surface area contributed by atoms with E-state index in [9.17, 15) is 0 Å². The molecule has 7 aromatic carbocycles. The summed E-state index contributed by atoms with van der Waals surface area (Å²) in [7, 11) is 0. The van der Waals surface area contributed by atoms with Crippen LogP contribution < -0.4 is 4.90 Å². The van der Waals surface area contributed by atoms with Crippen molar-refractivity contribution in [3.05, 3.63) is 164 Å². The number of fused-ring (bicyclic) bond motifs is 5. The third-order valence-electron chi connectivity index (χ3n) is 8.05. The van der Waals surface area contributed by atoms with E-state index in [0.29, 0.717) is 0 Å². The van der Waals surface area contributed by atoms with Gasteiger partial charge in [-0.2, -0.15) is 0 Å². The van der Waals surface area contributed by atoms with E-state index in [0.717, 1.165) is 11.4 Å². The summed E-state index contributed by atoms with van der Waals surface area (Å²) in [6.45, 7) is 0. The van der Waals surface area contributed by atoms with Crippen LogP contribution in [0.1, 0.15) is 0 Å². The monoisotopic (exact) mass is 553 g/mol. The predicted octanol–water partition coefficient (Wildman–Crippen LogP) is 12.0. The lowest BCUT2D eigenvalue weighted by molar-refractivity contribution is 1.30. The summed E-state index contributed by atoms with van der Waals surface area (Å²) in [5, 5.41) is 5.13. The second-order valence-corrected chi connectivity index (χ2v) is 11.6. The lowest BCUT2D eigenvalue weighted by atomic mass is 10.00. The van der Waals surface area contributed by atoms with Crippen molar-refractivity contribution < 1.29 is 0 Å². The molecule has 0 aliphatic rings. The largest absolute Gasteiger partial charge is 0.310 e. The minimum Gasteiger partial charge on any atom is -0.310 e. The highest BCUT2D eigenvalue weighted by Gasteiger charge is 2.19. The van der Waals surface area contributed by atoms with Gasteiger partial charge in [-0.15, -0.1) is 11.3 Å². The molecule has 0 amide bonds. The standard InChI is InChI=1S/C40H27NS/c1-4-12-28(13-5-1)30-20-23-33(24-21-30)41(32-16-8-3-9-17-32)38-27-37-35-25-22-31(29-14-6-2-7-15-29)26-39(35)42-40(37)36-19-11-10-18-34(36)38/h1-27H. The van der Waals surface area contributed by atoms with Gasteiger partial charge in [0.25, 0.3) is 0 Å². The number of thiophene rings is 1. The third-order valence-corrected chi connectivity index (χ3v) is 9.25. The van der Waals surface area contributed by atoms with Crippen molar-refractivity contribution in [2.45, 2.75) is 0 Å². The quantitative estimate of drug-likeness (QED) is 0.205. The molecule has 1 heterocycles. The molecule has 198 valence electrons. The van der Waals surface area contributed by atoms with Gasteiger partial charge in [-0.25, -0.2) is 0 Å². The van der Waals surface area contributed by atoms with Crippen molar-refractivity contribution in [1.82, 2.24) is 0 Å². The van der Waals surface area contributed by atoms with Crippen molar-refractivity contribution in [1.29, 1.82) is 0 Å². The average Bonchev–Trinajstić information content (AvgIpc) is 3.45. The van der Waals surface area contributed by atoms with E-state index in [2.05, 4.69) is 169 Å². The van der Waals surface area contributed by atoms with Crippen LogP contribution >= 0.6 is 11.3 Å². The minimum atomic E-state index is 1.14. The van der Waals surface area contributed by atoms with Crippen LogP contribution in [0.5, 0.6) is 0 Å². The average molecular weight is 554 g/mol. The zero-order valence-electron chi connectivity index (χ0n) is 22.9. The first kappa shape index (κ1) is 24.6. The molecule has 1 aromatic heterocycles. The lowest BCUT2D eigenvalue weighted by Gasteiger charge is -2.27. The number of anilines is 3. The molecule has 0 fully saturated rings. The Labute approximate surface area is 249 Å². The fourth-order valence-corrected chi connectivity index (χ4v) is 7.27. The molecule has 0 aliphatic heterocycles. The molecular weight excluding hydrogens is 527 g/mol. The van der Waals surface area contributed by atoms with Gasteiger partial charge in [0.1, 0.15) is 0 Å². The number of hydrogen-bond acceptors (Lipinski definition) is 2. The van der Waals surface area contributed by atoms with Crippen LogP contribution in [0.15, 0.2) is 164 Å². The normalized spacial score (nSPS) is 11.3. The maximum Gasteiger partial charge on any atom is 0.0547 e. The van der Waals surface area contributed by atoms with Crippen LogP contribution in [0.3, 0.4) is 0 Å². The molecule has 8 rings (SSSR count). The van der Waals surface area contributed by atoms with Crippen LogP contribution in [0.2, 0.25) is 0 Å². The Morgan fingerprint density at radius 2 is 0.881 bits per heavy atom. The molecule has 0 spiro atoms. The van der Waals surface area contributed by atoms with E-state index in [-0.39, 0.29) is 0 Å². The fraction of sp³-hybridized carbons (Fsp3) is 0. The number of rotatable bonds is 5. The first-order valence-corrected chi connectivity index (χ1v) is 15.1. The van der Waals surface area contributed by atoms with Crippen molar-refractivity contribution >= 4 is 59.3 Å². The summed E-state index contributed by atoms with van der Waals surface area (Å²) in [5.41, 5.74) is 8.40. The number of benzene rings is 7. The van der Waals surface area contributed by atoms with E-state index >= 15 is 0 Å².